The van der Waals surface area contributed by atoms with E-state index in [0.717, 1.165) is 29.7 Å². The van der Waals surface area contributed by atoms with Crippen LogP contribution in [0.5, 0.6) is 0 Å². The van der Waals surface area contributed by atoms with E-state index in [9.17, 15) is 9.59 Å². The number of hydrogen-bond acceptors (Lipinski definition) is 3. The Labute approximate surface area is 137 Å². The fourth-order valence-electron chi connectivity index (χ4n) is 2.82. The summed E-state index contributed by atoms with van der Waals surface area (Å²) in [4.78, 5) is 27.6. The lowest BCUT2D eigenvalue weighted by molar-refractivity contribution is 0.125. The Morgan fingerprint density at radius 1 is 1.17 bits per heavy atom. The number of methoxy groups -OCH3 is 1. The zero-order valence-electron chi connectivity index (χ0n) is 14.1. The molecule has 1 saturated heterocycles. The summed E-state index contributed by atoms with van der Waals surface area (Å²) in [5.41, 5.74) is 3.09. The summed E-state index contributed by atoms with van der Waals surface area (Å²) in [5.74, 6) is 0. The van der Waals surface area contributed by atoms with Crippen molar-refractivity contribution in [2.24, 2.45) is 0 Å². The first kappa shape index (κ1) is 17.1. The molecule has 0 saturated carbocycles. The highest BCUT2D eigenvalue weighted by molar-refractivity contribution is 5.91. The van der Waals surface area contributed by atoms with E-state index in [1.54, 1.807) is 9.80 Å². The summed E-state index contributed by atoms with van der Waals surface area (Å²) in [5, 5.41) is 3.04. The fraction of sp³-hybridized carbons (Fsp3) is 0.529. The number of carbonyl (C=O) groups is 2. The van der Waals surface area contributed by atoms with E-state index in [1.807, 2.05) is 25.1 Å². The summed E-state index contributed by atoms with van der Waals surface area (Å²) in [7, 11) is 1.38. The molecule has 0 aromatic heterocycles. The first-order chi connectivity index (χ1) is 11.1. The van der Waals surface area contributed by atoms with Crippen LogP contribution in [0, 0.1) is 6.92 Å². The summed E-state index contributed by atoms with van der Waals surface area (Å²) in [6, 6.07) is 5.92. The van der Waals surface area contributed by atoms with Gasteiger partial charge in [-0.2, -0.15) is 0 Å². The van der Waals surface area contributed by atoms with Crippen molar-refractivity contribution in [3.8, 4) is 0 Å². The van der Waals surface area contributed by atoms with Gasteiger partial charge < -0.3 is 19.9 Å². The second-order valence-electron chi connectivity index (χ2n) is 5.69. The number of nitrogens with one attached hydrogen (secondary N) is 1. The zero-order chi connectivity index (χ0) is 16.8. The van der Waals surface area contributed by atoms with Gasteiger partial charge in [-0.05, 0) is 30.9 Å². The minimum absolute atomic E-state index is 0.110. The van der Waals surface area contributed by atoms with Crippen molar-refractivity contribution in [2.45, 2.75) is 26.7 Å². The highest BCUT2D eigenvalue weighted by Gasteiger charge is 2.23. The Kier molecular flexibility index (Phi) is 5.84. The van der Waals surface area contributed by atoms with E-state index < -0.39 is 0 Å². The molecule has 1 heterocycles. The van der Waals surface area contributed by atoms with Gasteiger partial charge in [0.2, 0.25) is 0 Å². The minimum Gasteiger partial charge on any atom is -0.453 e. The molecule has 6 nitrogen and oxygen atoms in total. The molecule has 0 aliphatic carbocycles. The molecule has 1 N–H and O–H groups in total. The Bertz CT molecular complexity index is 574. The average Bonchev–Trinajstić information content (AvgIpc) is 2.82. The zero-order valence-corrected chi connectivity index (χ0v) is 14.1. The molecule has 3 amide bonds. The van der Waals surface area contributed by atoms with Crippen molar-refractivity contribution < 1.29 is 14.3 Å². The molecule has 0 spiro atoms. The first-order valence-electron chi connectivity index (χ1n) is 8.04. The predicted octanol–water partition coefficient (Wildman–Crippen LogP) is 2.86. The largest absolute Gasteiger partial charge is 0.453 e. The van der Waals surface area contributed by atoms with E-state index in [1.165, 1.54) is 7.11 Å². The number of hydrogen-bond donors (Lipinski definition) is 1. The number of para-hydroxylation sites is 1. The van der Waals surface area contributed by atoms with Gasteiger partial charge in [0.05, 0.1) is 7.11 Å². The molecule has 0 bridgehead atoms. The standard InChI is InChI=1S/C17H25N3O3/c1-4-14-8-5-7-13(2)15(14)18-16(21)19-9-6-10-20(12-11-19)17(22)23-3/h5,7-8H,4,6,9-12H2,1-3H3,(H,18,21). The van der Waals surface area contributed by atoms with Crippen molar-refractivity contribution in [1.29, 1.82) is 0 Å². The summed E-state index contributed by atoms with van der Waals surface area (Å²) >= 11 is 0. The maximum atomic E-state index is 12.6. The lowest BCUT2D eigenvalue weighted by atomic mass is 10.1. The van der Waals surface area contributed by atoms with Gasteiger partial charge in [0.1, 0.15) is 0 Å². The molecular weight excluding hydrogens is 294 g/mol. The predicted molar refractivity (Wildman–Crippen MR) is 89.7 cm³/mol. The van der Waals surface area contributed by atoms with Crippen LogP contribution in [0.2, 0.25) is 0 Å². The quantitative estimate of drug-likeness (QED) is 0.912. The van der Waals surface area contributed by atoms with Crippen LogP contribution in [-0.2, 0) is 11.2 Å². The molecule has 1 aromatic carbocycles. The van der Waals surface area contributed by atoms with Crippen LogP contribution in [0.1, 0.15) is 24.5 Å². The molecule has 0 unspecified atom stereocenters. The number of amides is 3. The molecule has 1 fully saturated rings. The van der Waals surface area contributed by atoms with Crippen molar-refractivity contribution in [3.63, 3.8) is 0 Å². The Balaban J connectivity index is 2.03. The molecule has 6 heteroatoms. The normalized spacial score (nSPS) is 15.1. The SMILES string of the molecule is CCc1cccc(C)c1NC(=O)N1CCCN(C(=O)OC)CC1. The highest BCUT2D eigenvalue weighted by Crippen LogP contribution is 2.21. The average molecular weight is 319 g/mol. The van der Waals surface area contributed by atoms with Gasteiger partial charge in [-0.25, -0.2) is 9.59 Å². The number of carbonyl (C=O) groups excluding carboxylic acids is 2. The topological polar surface area (TPSA) is 61.9 Å². The first-order valence-corrected chi connectivity index (χ1v) is 8.04. The van der Waals surface area contributed by atoms with Crippen molar-refractivity contribution in [1.82, 2.24) is 9.80 Å². The van der Waals surface area contributed by atoms with E-state index in [4.69, 9.17) is 4.74 Å². The van der Waals surface area contributed by atoms with E-state index in [0.29, 0.717) is 26.2 Å². The maximum Gasteiger partial charge on any atom is 0.409 e. The van der Waals surface area contributed by atoms with E-state index >= 15 is 0 Å². The summed E-state index contributed by atoms with van der Waals surface area (Å²) < 4.78 is 4.75. The number of anilines is 1. The van der Waals surface area contributed by atoms with Gasteiger partial charge in [0, 0.05) is 31.9 Å². The third-order valence-electron chi connectivity index (χ3n) is 4.19. The van der Waals surface area contributed by atoms with Crippen LogP contribution in [0.25, 0.3) is 0 Å². The smallest absolute Gasteiger partial charge is 0.409 e. The van der Waals surface area contributed by atoms with E-state index in [-0.39, 0.29) is 12.1 Å². The molecule has 0 atom stereocenters. The van der Waals surface area contributed by atoms with Crippen LogP contribution in [0.3, 0.4) is 0 Å². The monoisotopic (exact) mass is 319 g/mol. The van der Waals surface area contributed by atoms with Crippen LogP contribution in [-0.4, -0.2) is 55.2 Å². The van der Waals surface area contributed by atoms with Crippen molar-refractivity contribution in [2.75, 3.05) is 38.6 Å². The molecule has 0 radical (unpaired) electrons. The van der Waals surface area contributed by atoms with Crippen LogP contribution >= 0.6 is 0 Å². The molecule has 126 valence electrons. The van der Waals surface area contributed by atoms with Gasteiger partial charge in [0.25, 0.3) is 0 Å². The van der Waals surface area contributed by atoms with Gasteiger partial charge in [-0.1, -0.05) is 25.1 Å². The third-order valence-corrected chi connectivity index (χ3v) is 4.19. The lowest BCUT2D eigenvalue weighted by Gasteiger charge is -2.23. The van der Waals surface area contributed by atoms with Crippen molar-refractivity contribution >= 4 is 17.8 Å². The summed E-state index contributed by atoms with van der Waals surface area (Å²) in [6.45, 7) is 6.32. The maximum absolute atomic E-state index is 12.6. The Hall–Kier alpha value is -2.24. The molecule has 23 heavy (non-hydrogen) atoms. The van der Waals surface area contributed by atoms with E-state index in [2.05, 4.69) is 12.2 Å². The molecular formula is C17H25N3O3. The lowest BCUT2D eigenvalue weighted by Crippen LogP contribution is -2.39. The van der Waals surface area contributed by atoms with Crippen LogP contribution in [0.15, 0.2) is 18.2 Å². The number of aryl methyl sites for hydroxylation is 2. The van der Waals surface area contributed by atoms with Gasteiger partial charge >= 0.3 is 12.1 Å². The summed E-state index contributed by atoms with van der Waals surface area (Å²) in [6.07, 6.45) is 1.28. The number of urea groups is 1. The van der Waals surface area contributed by atoms with Gasteiger partial charge in [-0.15, -0.1) is 0 Å². The number of benzene rings is 1. The van der Waals surface area contributed by atoms with Gasteiger partial charge in [0.15, 0.2) is 0 Å². The van der Waals surface area contributed by atoms with Crippen LogP contribution < -0.4 is 5.32 Å². The second kappa shape index (κ2) is 7.85. The van der Waals surface area contributed by atoms with Crippen molar-refractivity contribution in [3.05, 3.63) is 29.3 Å². The molecule has 2 rings (SSSR count). The highest BCUT2D eigenvalue weighted by atomic mass is 16.5. The molecule has 1 aromatic rings. The number of nitrogens with zero attached hydrogens (tertiary/aromatic N) is 2. The Morgan fingerprint density at radius 3 is 2.57 bits per heavy atom. The molecule has 1 aliphatic rings. The molecule has 1 aliphatic heterocycles. The third kappa shape index (κ3) is 4.15. The van der Waals surface area contributed by atoms with Gasteiger partial charge in [-0.3, -0.25) is 0 Å². The second-order valence-corrected chi connectivity index (χ2v) is 5.69. The van der Waals surface area contributed by atoms with Crippen LogP contribution in [0.4, 0.5) is 15.3 Å². The minimum atomic E-state index is -0.334. The number of rotatable bonds is 2. The Morgan fingerprint density at radius 2 is 1.87 bits per heavy atom. The number of ether oxygens (including phenoxy) is 1. The fourth-order valence-corrected chi connectivity index (χ4v) is 2.82.